The van der Waals surface area contributed by atoms with Crippen molar-refractivity contribution in [1.82, 2.24) is 19.9 Å². The zero-order valence-corrected chi connectivity index (χ0v) is 17.8. The molecule has 3 rings (SSSR count). The molecule has 0 bridgehead atoms. The number of nitrogens with zero attached hydrogens (tertiary/aromatic N) is 4. The van der Waals surface area contributed by atoms with Gasteiger partial charge in [-0.3, -0.25) is 10.1 Å². The lowest BCUT2D eigenvalue weighted by atomic mass is 9.87. The number of anilines is 1. The molecule has 0 fully saturated rings. The molecule has 1 aromatic carbocycles. The third kappa shape index (κ3) is 4.44. The molecular formula is C20H25N5O2S. The van der Waals surface area contributed by atoms with Crippen LogP contribution in [0.5, 0.6) is 0 Å². The number of hydrogen-bond donors (Lipinski definition) is 1. The lowest BCUT2D eigenvalue weighted by Gasteiger charge is -2.19. The summed E-state index contributed by atoms with van der Waals surface area (Å²) in [5.41, 5.74) is 3.07. The van der Waals surface area contributed by atoms with Crippen molar-refractivity contribution in [1.29, 1.82) is 0 Å². The van der Waals surface area contributed by atoms with Crippen molar-refractivity contribution in [3.05, 3.63) is 41.6 Å². The first-order valence-corrected chi connectivity index (χ1v) is 9.94. The normalized spacial score (nSPS) is 12.8. The minimum atomic E-state index is -0.371. The topological polar surface area (TPSA) is 85.8 Å². The van der Waals surface area contributed by atoms with E-state index in [1.807, 2.05) is 18.5 Å². The predicted molar refractivity (Wildman–Crippen MR) is 110 cm³/mol. The first kappa shape index (κ1) is 20.1. The van der Waals surface area contributed by atoms with E-state index >= 15 is 0 Å². The average molecular weight is 400 g/mol. The number of nitrogens with one attached hydrogen (secondary N) is 1. The smallest absolute Gasteiger partial charge is 0.240 e. The maximum absolute atomic E-state index is 12.4. The van der Waals surface area contributed by atoms with E-state index in [1.165, 1.54) is 17.3 Å². The highest BCUT2D eigenvalue weighted by atomic mass is 32.2. The summed E-state index contributed by atoms with van der Waals surface area (Å²) in [6.45, 7) is 10.2. The summed E-state index contributed by atoms with van der Waals surface area (Å²) in [6.07, 6.45) is 0. The van der Waals surface area contributed by atoms with Crippen molar-refractivity contribution in [3.8, 4) is 11.4 Å². The monoisotopic (exact) mass is 399 g/mol. The van der Waals surface area contributed by atoms with Crippen LogP contribution in [0.2, 0.25) is 0 Å². The Morgan fingerprint density at radius 1 is 1.21 bits per heavy atom. The molecule has 148 valence electrons. The number of amides is 1. The van der Waals surface area contributed by atoms with Gasteiger partial charge in [0.15, 0.2) is 11.0 Å². The fourth-order valence-corrected chi connectivity index (χ4v) is 3.46. The molecule has 0 radical (unpaired) electrons. The van der Waals surface area contributed by atoms with Crippen molar-refractivity contribution >= 4 is 23.6 Å². The SMILES string of the molecule is Cc1cc(NC(=O)C(C)Sc2nnc(-c3ccc(C(C)(C)C)cc3)n2C)on1. The van der Waals surface area contributed by atoms with Crippen LogP contribution in [0.15, 0.2) is 40.0 Å². The van der Waals surface area contributed by atoms with Crippen LogP contribution in [-0.2, 0) is 17.3 Å². The summed E-state index contributed by atoms with van der Waals surface area (Å²) >= 11 is 1.34. The molecule has 1 N–H and O–H groups in total. The Bertz CT molecular complexity index is 969. The van der Waals surface area contributed by atoms with E-state index in [2.05, 4.69) is 65.7 Å². The quantitative estimate of drug-likeness (QED) is 0.647. The van der Waals surface area contributed by atoms with Gasteiger partial charge in [0.25, 0.3) is 0 Å². The summed E-state index contributed by atoms with van der Waals surface area (Å²) < 4.78 is 6.93. The van der Waals surface area contributed by atoms with E-state index < -0.39 is 0 Å². The van der Waals surface area contributed by atoms with Crippen LogP contribution in [0.4, 0.5) is 5.88 Å². The van der Waals surface area contributed by atoms with Gasteiger partial charge in [-0.25, -0.2) is 0 Å². The zero-order valence-electron chi connectivity index (χ0n) is 17.0. The van der Waals surface area contributed by atoms with Crippen LogP contribution in [-0.4, -0.2) is 31.1 Å². The molecule has 1 atom stereocenters. The molecule has 0 aliphatic rings. The molecule has 3 aromatic rings. The first-order chi connectivity index (χ1) is 13.1. The molecule has 7 nitrogen and oxygen atoms in total. The Kier molecular flexibility index (Phi) is 5.60. The first-order valence-electron chi connectivity index (χ1n) is 9.06. The third-order valence-corrected chi connectivity index (χ3v) is 5.50. The number of benzene rings is 1. The molecule has 0 aliphatic carbocycles. The van der Waals surface area contributed by atoms with Crippen molar-refractivity contribution in [3.63, 3.8) is 0 Å². The van der Waals surface area contributed by atoms with Crippen LogP contribution in [0, 0.1) is 6.92 Å². The second kappa shape index (κ2) is 7.79. The Morgan fingerprint density at radius 2 is 1.89 bits per heavy atom. The molecule has 2 heterocycles. The van der Waals surface area contributed by atoms with E-state index in [1.54, 1.807) is 13.0 Å². The Labute approximate surface area is 168 Å². The number of aryl methyl sites for hydroxylation is 1. The highest BCUT2D eigenvalue weighted by Gasteiger charge is 2.21. The van der Waals surface area contributed by atoms with Gasteiger partial charge in [-0.2, -0.15) is 0 Å². The number of rotatable bonds is 5. The fourth-order valence-electron chi connectivity index (χ4n) is 2.65. The largest absolute Gasteiger partial charge is 0.338 e. The number of carbonyl (C=O) groups is 1. The number of thioether (sulfide) groups is 1. The van der Waals surface area contributed by atoms with Crippen LogP contribution < -0.4 is 5.32 Å². The lowest BCUT2D eigenvalue weighted by molar-refractivity contribution is -0.115. The van der Waals surface area contributed by atoms with Gasteiger partial charge in [0.05, 0.1) is 10.9 Å². The highest BCUT2D eigenvalue weighted by molar-refractivity contribution is 8.00. The van der Waals surface area contributed by atoms with Gasteiger partial charge in [-0.05, 0) is 24.8 Å². The van der Waals surface area contributed by atoms with Crippen LogP contribution in [0.1, 0.15) is 39.0 Å². The van der Waals surface area contributed by atoms with E-state index in [0.29, 0.717) is 16.7 Å². The van der Waals surface area contributed by atoms with Crippen molar-refractivity contribution in [2.45, 2.75) is 50.4 Å². The van der Waals surface area contributed by atoms with E-state index in [4.69, 9.17) is 4.52 Å². The Morgan fingerprint density at radius 3 is 2.46 bits per heavy atom. The second-order valence-electron chi connectivity index (χ2n) is 7.77. The molecule has 28 heavy (non-hydrogen) atoms. The Balaban J connectivity index is 1.71. The van der Waals surface area contributed by atoms with E-state index in [0.717, 1.165) is 11.4 Å². The summed E-state index contributed by atoms with van der Waals surface area (Å²) in [4.78, 5) is 12.4. The molecule has 0 saturated heterocycles. The van der Waals surface area contributed by atoms with Gasteiger partial charge < -0.3 is 9.09 Å². The van der Waals surface area contributed by atoms with Crippen molar-refractivity contribution < 1.29 is 9.32 Å². The molecule has 1 unspecified atom stereocenters. The summed E-state index contributed by atoms with van der Waals surface area (Å²) in [7, 11) is 1.90. The molecule has 0 saturated carbocycles. The van der Waals surface area contributed by atoms with Gasteiger partial charge in [0.2, 0.25) is 11.8 Å². The van der Waals surface area contributed by atoms with Gasteiger partial charge >= 0.3 is 0 Å². The summed E-state index contributed by atoms with van der Waals surface area (Å²) in [6, 6.07) is 10.0. The number of hydrogen-bond acceptors (Lipinski definition) is 6. The highest BCUT2D eigenvalue weighted by Crippen LogP contribution is 2.28. The van der Waals surface area contributed by atoms with Crippen molar-refractivity contribution in [2.24, 2.45) is 7.05 Å². The van der Waals surface area contributed by atoms with Crippen LogP contribution in [0.25, 0.3) is 11.4 Å². The molecular weight excluding hydrogens is 374 g/mol. The molecule has 0 spiro atoms. The maximum atomic E-state index is 12.4. The fraction of sp³-hybridized carbons (Fsp3) is 0.400. The third-order valence-electron chi connectivity index (χ3n) is 4.37. The molecule has 8 heteroatoms. The van der Waals surface area contributed by atoms with Crippen molar-refractivity contribution in [2.75, 3.05) is 5.32 Å². The average Bonchev–Trinajstić information content (AvgIpc) is 3.20. The van der Waals surface area contributed by atoms with Gasteiger partial charge in [0, 0.05) is 18.7 Å². The summed E-state index contributed by atoms with van der Waals surface area (Å²) in [5.74, 6) is 0.925. The minimum Gasteiger partial charge on any atom is -0.338 e. The maximum Gasteiger partial charge on any atom is 0.240 e. The van der Waals surface area contributed by atoms with Gasteiger partial charge in [-0.1, -0.05) is 62.0 Å². The predicted octanol–water partition coefficient (Wildman–Crippen LogP) is 4.20. The molecule has 2 aromatic heterocycles. The van der Waals surface area contributed by atoms with Crippen LogP contribution in [0.3, 0.4) is 0 Å². The van der Waals surface area contributed by atoms with Crippen LogP contribution >= 0.6 is 11.8 Å². The molecule has 0 aliphatic heterocycles. The Hall–Kier alpha value is -2.61. The van der Waals surface area contributed by atoms with E-state index in [-0.39, 0.29) is 16.6 Å². The second-order valence-corrected chi connectivity index (χ2v) is 9.08. The molecule has 1 amide bonds. The number of carbonyl (C=O) groups excluding carboxylic acids is 1. The van der Waals surface area contributed by atoms with Gasteiger partial charge in [0.1, 0.15) is 0 Å². The minimum absolute atomic E-state index is 0.101. The standard InChI is InChI=1S/C20H25N5O2S/c1-12-11-16(27-24-12)21-18(26)13(2)28-19-23-22-17(25(19)6)14-7-9-15(10-8-14)20(3,4)5/h7-11,13H,1-6H3,(H,21,26). The lowest BCUT2D eigenvalue weighted by Crippen LogP contribution is -2.22. The van der Waals surface area contributed by atoms with Gasteiger partial charge in [-0.15, -0.1) is 10.2 Å². The zero-order chi connectivity index (χ0) is 20.5. The van der Waals surface area contributed by atoms with E-state index in [9.17, 15) is 4.79 Å². The number of aromatic nitrogens is 4. The summed E-state index contributed by atoms with van der Waals surface area (Å²) in [5, 5.41) is 15.3.